The molecule has 3 aromatic carbocycles. The minimum atomic E-state index is -1.44. The molecule has 5 rings (SSSR count). The van der Waals surface area contributed by atoms with E-state index in [1.54, 1.807) is 48.5 Å². The second-order valence-electron chi connectivity index (χ2n) is 15.8. The monoisotopic (exact) mass is 1130 g/mol. The van der Waals surface area contributed by atoms with Gasteiger partial charge in [-0.05, 0) is 83.8 Å². The molecular formula is C48H50N6O16Tb+. The van der Waals surface area contributed by atoms with Crippen molar-refractivity contribution in [1.82, 2.24) is 24.7 Å². The van der Waals surface area contributed by atoms with Crippen LogP contribution in [0, 0.1) is 38.6 Å². The van der Waals surface area contributed by atoms with Gasteiger partial charge in [-0.1, -0.05) is 12.1 Å². The molecule has 0 saturated carbocycles. The molecule has 0 bridgehead atoms. The summed E-state index contributed by atoms with van der Waals surface area (Å²) in [6.45, 7) is -3.73. The number of benzene rings is 3. The van der Waals surface area contributed by atoms with Crippen LogP contribution in [0.4, 0.5) is 5.69 Å². The maximum absolute atomic E-state index is 11.8. The van der Waals surface area contributed by atoms with Gasteiger partial charge in [-0.3, -0.25) is 43.8 Å². The molecule has 71 heavy (non-hydrogen) atoms. The van der Waals surface area contributed by atoms with Gasteiger partial charge in [0.05, 0.1) is 75.1 Å². The third kappa shape index (κ3) is 18.7. The number of hydrogen-bond donors (Lipinski definition) is 5. The van der Waals surface area contributed by atoms with Crippen LogP contribution in [0.2, 0.25) is 0 Å². The Balaban J connectivity index is 0.0000110. The van der Waals surface area contributed by atoms with Crippen LogP contribution in [0.15, 0.2) is 84.9 Å². The van der Waals surface area contributed by atoms with Gasteiger partial charge in [-0.2, -0.15) is 0 Å². The van der Waals surface area contributed by atoms with Gasteiger partial charge in [-0.25, -0.2) is 0 Å². The molecule has 23 heteroatoms. The molecule has 0 spiro atoms. The fourth-order valence-electron chi connectivity index (χ4n) is 7.42. The summed E-state index contributed by atoms with van der Waals surface area (Å²) in [5, 5.41) is 60.8. The topological polar surface area (TPSA) is 328 Å². The Bertz CT molecular complexity index is 2500. The summed E-state index contributed by atoms with van der Waals surface area (Å²) in [5.41, 5.74) is 11.0. The molecule has 0 amide bonds. The SMILES string of the molecule is COc1cc(OCC(=O)[O-])ccc1-c1cc(CN(CC(=O)O)CC(=O)O)nc(CN(CCc2ccc(N)cc2)Cc2cc(-c3ccc(OCC(=O)[O-])cc3OC)cc(CN(CC(=O)O)CC(=O)O)n2)c1.[Tb+3]. The molecular weight excluding hydrogens is 1080 g/mol. The molecule has 0 unspecified atom stereocenters. The number of carboxylic acid groups (broad SMARTS) is 6. The number of methoxy groups -OCH3 is 2. The van der Waals surface area contributed by atoms with Gasteiger partial charge in [0.25, 0.3) is 0 Å². The number of carbonyl (C=O) groups is 6. The summed E-state index contributed by atoms with van der Waals surface area (Å²) in [7, 11) is 2.80. The van der Waals surface area contributed by atoms with Crippen molar-refractivity contribution < 1.29 is 117 Å². The van der Waals surface area contributed by atoms with Gasteiger partial charge >= 0.3 is 62.5 Å². The first kappa shape index (κ1) is 56.5. The summed E-state index contributed by atoms with van der Waals surface area (Å²) in [4.78, 5) is 83.7. The molecule has 6 N–H and O–H groups in total. The summed E-state index contributed by atoms with van der Waals surface area (Å²) in [6.07, 6.45) is 0.484. The third-order valence-corrected chi connectivity index (χ3v) is 10.2. The number of aromatic nitrogens is 2. The second kappa shape index (κ2) is 27.4. The van der Waals surface area contributed by atoms with Crippen molar-refractivity contribution in [2.75, 3.05) is 65.9 Å². The van der Waals surface area contributed by atoms with Crippen molar-refractivity contribution in [3.05, 3.63) is 113 Å². The van der Waals surface area contributed by atoms with Crippen LogP contribution in [-0.4, -0.2) is 141 Å². The summed E-state index contributed by atoms with van der Waals surface area (Å²) in [6, 6.07) is 23.4. The van der Waals surface area contributed by atoms with Crippen molar-refractivity contribution in [2.24, 2.45) is 0 Å². The van der Waals surface area contributed by atoms with Crippen LogP contribution < -0.4 is 34.9 Å². The molecule has 2 aromatic heterocycles. The quantitative estimate of drug-likeness (QED) is 0.0415. The minimum Gasteiger partial charge on any atom is -0.546 e. The van der Waals surface area contributed by atoms with E-state index in [1.165, 1.54) is 48.3 Å². The number of nitrogens with two attached hydrogens (primary N) is 1. The van der Waals surface area contributed by atoms with Crippen LogP contribution in [0.3, 0.4) is 0 Å². The smallest absolute Gasteiger partial charge is 0.546 e. The Kier molecular flexibility index (Phi) is 21.8. The maximum atomic E-state index is 11.8. The van der Waals surface area contributed by atoms with E-state index < -0.39 is 75.2 Å². The molecule has 0 atom stereocenters. The summed E-state index contributed by atoms with van der Waals surface area (Å²) < 4.78 is 22.0. The average Bonchev–Trinajstić information content (AvgIpc) is 3.28. The van der Waals surface area contributed by atoms with Crippen LogP contribution in [0.1, 0.15) is 28.3 Å². The first-order chi connectivity index (χ1) is 33.3. The van der Waals surface area contributed by atoms with Crippen LogP contribution >= 0.6 is 0 Å². The van der Waals surface area contributed by atoms with E-state index in [9.17, 15) is 59.4 Å². The average molecular weight is 1130 g/mol. The zero-order valence-corrected chi connectivity index (χ0v) is 40.5. The van der Waals surface area contributed by atoms with Gasteiger partial charge in [0.2, 0.25) is 0 Å². The number of hydrogen-bond acceptors (Lipinski definition) is 18. The van der Waals surface area contributed by atoms with Crippen LogP contribution in [0.5, 0.6) is 23.0 Å². The molecule has 0 aliphatic carbocycles. The van der Waals surface area contributed by atoms with Crippen LogP contribution in [-0.2, 0) is 61.4 Å². The largest absolute Gasteiger partial charge is 3.00 e. The first-order valence-corrected chi connectivity index (χ1v) is 21.3. The Labute approximate surface area is 437 Å². The second-order valence-corrected chi connectivity index (χ2v) is 15.8. The number of pyridine rings is 2. The first-order valence-electron chi connectivity index (χ1n) is 21.3. The standard InChI is InChI=1S/C48H52N6O16.Tb/c1-67-41-17-37(69-27-47(63)64)7-9-39(41)30-13-33(50-35(15-30)21-53(23-43(55)56)24-44(57)58)19-52(12-11-29-3-5-32(49)6-4-29)20-34-14-31(16-36(51-34)22-54(25-45(59)60)26-46(61)62)40-10-8-38(18-42(40)68-2)70-28-48(65)66;/h3-10,13-18H,11-12,19-28,49H2,1-2H3,(H,55,56)(H,57,58)(H,59,60)(H,61,62)(H,63,64)(H,65,66);/q;+3/p-2. The number of carbonyl (C=O) groups excluding carboxylic acids is 2. The van der Waals surface area contributed by atoms with E-state index >= 15 is 0 Å². The summed E-state index contributed by atoms with van der Waals surface area (Å²) >= 11 is 0. The molecule has 2 heterocycles. The van der Waals surface area contributed by atoms with Crippen LogP contribution in [0.25, 0.3) is 22.3 Å². The van der Waals surface area contributed by atoms with Crippen molar-refractivity contribution in [3.8, 4) is 45.3 Å². The Morgan fingerprint density at radius 2 is 0.887 bits per heavy atom. The molecule has 0 aliphatic heterocycles. The van der Waals surface area contributed by atoms with Gasteiger partial charge < -0.3 is 64.9 Å². The fourth-order valence-corrected chi connectivity index (χ4v) is 7.42. The van der Waals surface area contributed by atoms with Crippen molar-refractivity contribution in [3.63, 3.8) is 0 Å². The molecule has 0 radical (unpaired) electrons. The molecule has 22 nitrogen and oxygen atoms in total. The fraction of sp³-hybridized carbons (Fsp3) is 0.292. The van der Waals surface area contributed by atoms with E-state index in [4.69, 9.17) is 34.6 Å². The van der Waals surface area contributed by atoms with Gasteiger partial charge in [-0.15, -0.1) is 0 Å². The van der Waals surface area contributed by atoms with Crippen molar-refractivity contribution >= 4 is 41.5 Å². The van der Waals surface area contributed by atoms with E-state index in [-0.39, 0.29) is 87.8 Å². The molecule has 376 valence electrons. The predicted molar refractivity (Wildman–Crippen MR) is 243 cm³/mol. The number of rotatable bonds is 29. The van der Waals surface area contributed by atoms with E-state index in [1.807, 2.05) is 17.0 Å². The van der Waals surface area contributed by atoms with E-state index in [2.05, 4.69) is 0 Å². The Hall–Kier alpha value is -7.05. The Morgan fingerprint density at radius 1 is 0.535 bits per heavy atom. The van der Waals surface area contributed by atoms with Gasteiger partial charge in [0.1, 0.15) is 36.2 Å². The molecule has 0 saturated heterocycles. The minimum absolute atomic E-state index is 0. The van der Waals surface area contributed by atoms with E-state index in [0.717, 1.165) is 5.56 Å². The maximum Gasteiger partial charge on any atom is 3.00 e. The zero-order chi connectivity index (χ0) is 50.9. The van der Waals surface area contributed by atoms with Gasteiger partial charge in [0.15, 0.2) is 0 Å². The zero-order valence-electron chi connectivity index (χ0n) is 38.4. The number of ether oxygens (including phenoxy) is 4. The van der Waals surface area contributed by atoms with E-state index in [0.29, 0.717) is 63.7 Å². The predicted octanol–water partition coefficient (Wildman–Crippen LogP) is 0.855. The molecule has 0 fully saturated rings. The normalized spacial score (nSPS) is 10.9. The number of anilines is 1. The number of nitrogens with zero attached hydrogens (tertiary/aromatic N) is 5. The number of aliphatic carboxylic acids is 6. The van der Waals surface area contributed by atoms with Crippen molar-refractivity contribution in [2.45, 2.75) is 32.6 Å². The summed E-state index contributed by atoms with van der Waals surface area (Å²) in [5.74, 6) is -7.04. The number of carboxylic acids is 6. The Morgan fingerprint density at radius 3 is 1.21 bits per heavy atom. The molecule has 0 aliphatic rings. The van der Waals surface area contributed by atoms with Crippen molar-refractivity contribution in [1.29, 1.82) is 0 Å². The van der Waals surface area contributed by atoms with Gasteiger partial charge in [0, 0.05) is 61.7 Å². The number of nitrogen functional groups attached to an aromatic ring is 1. The third-order valence-electron chi connectivity index (χ3n) is 10.2. The molecule has 5 aromatic rings.